The van der Waals surface area contributed by atoms with Crippen molar-refractivity contribution in [2.45, 2.75) is 23.7 Å². The molecule has 2 rings (SSSR count). The monoisotopic (exact) mass is 323 g/mol. The van der Waals surface area contributed by atoms with E-state index in [0.717, 1.165) is 4.47 Å². The lowest BCUT2D eigenvalue weighted by molar-refractivity contribution is -0.0405. The Morgan fingerprint density at radius 2 is 1.71 bits per heavy atom. The molecule has 0 amide bonds. The minimum atomic E-state index is -2.60. The summed E-state index contributed by atoms with van der Waals surface area (Å²) in [5.41, 5.74) is 0. The molecule has 0 aliphatic carbocycles. The summed E-state index contributed by atoms with van der Waals surface area (Å²) in [6.45, 7) is 0.353. The van der Waals surface area contributed by atoms with E-state index in [1.165, 1.54) is 0 Å². The molecule has 1 heterocycles. The SMILES string of the molecule is O=S(c1ccc(Br)cc1)N1CCC(F)(F)CC1. The fourth-order valence-electron chi connectivity index (χ4n) is 1.68. The Hall–Kier alpha value is -0.330. The maximum absolute atomic E-state index is 13.0. The normalized spacial score (nSPS) is 22.3. The third kappa shape index (κ3) is 3.33. The third-order valence-corrected chi connectivity index (χ3v) is 4.74. The molecule has 0 radical (unpaired) electrons. The van der Waals surface area contributed by atoms with E-state index in [1.807, 2.05) is 0 Å². The molecule has 1 aliphatic heterocycles. The lowest BCUT2D eigenvalue weighted by atomic mass is 10.1. The molecule has 1 fully saturated rings. The Labute approximate surface area is 110 Å². The van der Waals surface area contributed by atoms with Gasteiger partial charge in [0.05, 0.1) is 4.90 Å². The second-order valence-corrected chi connectivity index (χ2v) is 6.39. The molecule has 2 nitrogen and oxygen atoms in total. The fourth-order valence-corrected chi connectivity index (χ4v) is 3.12. The standard InChI is InChI=1S/C11H12BrF2NOS/c12-9-1-3-10(4-2-9)17(16)15-7-5-11(13,14)6-8-15/h1-4H,5-8H2. The van der Waals surface area contributed by atoms with Gasteiger partial charge >= 0.3 is 0 Å². The van der Waals surface area contributed by atoms with Crippen LogP contribution in [0.5, 0.6) is 0 Å². The first kappa shape index (κ1) is 13.1. The Morgan fingerprint density at radius 3 is 2.24 bits per heavy atom. The molecule has 94 valence electrons. The number of benzene rings is 1. The van der Waals surface area contributed by atoms with Crippen LogP contribution < -0.4 is 0 Å². The maximum atomic E-state index is 13.0. The molecule has 0 bridgehead atoms. The summed E-state index contributed by atoms with van der Waals surface area (Å²) < 4.78 is 40.5. The van der Waals surface area contributed by atoms with Crippen LogP contribution >= 0.6 is 15.9 Å². The summed E-state index contributed by atoms with van der Waals surface area (Å²) in [5.74, 6) is -2.60. The smallest absolute Gasteiger partial charge is 0.237 e. The van der Waals surface area contributed by atoms with Crippen molar-refractivity contribution in [2.75, 3.05) is 13.1 Å². The van der Waals surface area contributed by atoms with E-state index in [1.54, 1.807) is 28.6 Å². The molecule has 1 saturated heterocycles. The molecule has 0 aromatic heterocycles. The van der Waals surface area contributed by atoms with Crippen molar-refractivity contribution in [1.29, 1.82) is 0 Å². The number of hydrogen-bond acceptors (Lipinski definition) is 1. The van der Waals surface area contributed by atoms with Gasteiger partial charge in [0.25, 0.3) is 5.92 Å². The Bertz CT molecular complexity index is 414. The third-order valence-electron chi connectivity index (χ3n) is 2.70. The number of nitrogens with zero attached hydrogens (tertiary/aromatic N) is 1. The van der Waals surface area contributed by atoms with E-state index >= 15 is 0 Å². The number of halogens is 3. The first-order chi connectivity index (χ1) is 7.98. The molecule has 1 aliphatic rings. The van der Waals surface area contributed by atoms with Crippen LogP contribution in [0.15, 0.2) is 33.6 Å². The predicted molar refractivity (Wildman–Crippen MR) is 66.3 cm³/mol. The van der Waals surface area contributed by atoms with Crippen molar-refractivity contribution in [3.63, 3.8) is 0 Å². The van der Waals surface area contributed by atoms with Crippen molar-refractivity contribution < 1.29 is 13.0 Å². The van der Waals surface area contributed by atoms with Gasteiger partial charge < -0.3 is 0 Å². The fraction of sp³-hybridized carbons (Fsp3) is 0.455. The van der Waals surface area contributed by atoms with Gasteiger partial charge in [0, 0.05) is 30.4 Å². The second kappa shape index (κ2) is 5.12. The van der Waals surface area contributed by atoms with Crippen LogP contribution in [0.4, 0.5) is 8.78 Å². The molecule has 17 heavy (non-hydrogen) atoms. The van der Waals surface area contributed by atoms with Gasteiger partial charge in [-0.15, -0.1) is 0 Å². The van der Waals surface area contributed by atoms with Crippen molar-refractivity contribution >= 4 is 26.9 Å². The number of piperidine rings is 1. The van der Waals surface area contributed by atoms with Crippen LogP contribution in [0, 0.1) is 0 Å². The van der Waals surface area contributed by atoms with E-state index in [2.05, 4.69) is 15.9 Å². The lowest BCUT2D eigenvalue weighted by Crippen LogP contribution is -2.40. The molecule has 1 aromatic rings. The van der Waals surface area contributed by atoms with Crippen molar-refractivity contribution in [1.82, 2.24) is 4.31 Å². The van der Waals surface area contributed by atoms with E-state index in [4.69, 9.17) is 0 Å². The summed E-state index contributed by atoms with van der Waals surface area (Å²) in [5, 5.41) is 0. The predicted octanol–water partition coefficient (Wildman–Crippen LogP) is 3.20. The summed E-state index contributed by atoms with van der Waals surface area (Å²) in [6.07, 6.45) is -0.426. The first-order valence-electron chi connectivity index (χ1n) is 5.28. The van der Waals surface area contributed by atoms with Gasteiger partial charge in [-0.1, -0.05) is 15.9 Å². The zero-order valence-corrected chi connectivity index (χ0v) is 11.4. The van der Waals surface area contributed by atoms with Crippen molar-refractivity contribution in [3.8, 4) is 0 Å². The van der Waals surface area contributed by atoms with Crippen LogP contribution in [0.3, 0.4) is 0 Å². The number of alkyl halides is 2. The Morgan fingerprint density at radius 1 is 1.18 bits per heavy atom. The zero-order chi connectivity index (χ0) is 12.5. The molecule has 1 aromatic carbocycles. The minimum absolute atomic E-state index is 0.176. The molecule has 0 N–H and O–H groups in total. The van der Waals surface area contributed by atoms with Crippen LogP contribution in [-0.4, -0.2) is 27.5 Å². The summed E-state index contributed by atoms with van der Waals surface area (Å²) >= 11 is 3.29. The van der Waals surface area contributed by atoms with Gasteiger partial charge in [-0.25, -0.2) is 17.3 Å². The minimum Gasteiger partial charge on any atom is -0.237 e. The number of rotatable bonds is 2. The largest absolute Gasteiger partial charge is 0.250 e. The van der Waals surface area contributed by atoms with E-state index in [0.29, 0.717) is 4.90 Å². The molecule has 0 saturated carbocycles. The van der Waals surface area contributed by atoms with Gasteiger partial charge in [-0.3, -0.25) is 0 Å². The molecule has 1 unspecified atom stereocenters. The zero-order valence-electron chi connectivity index (χ0n) is 9.04. The Balaban J connectivity index is 2.04. The van der Waals surface area contributed by atoms with Gasteiger partial charge in [0.1, 0.15) is 11.0 Å². The van der Waals surface area contributed by atoms with Crippen LogP contribution in [-0.2, 0) is 11.0 Å². The average molecular weight is 324 g/mol. The summed E-state index contributed by atoms with van der Waals surface area (Å²) in [4.78, 5) is 0.651. The molecular formula is C11H12BrF2NOS. The van der Waals surface area contributed by atoms with Gasteiger partial charge in [0.2, 0.25) is 0 Å². The molecule has 1 atom stereocenters. The second-order valence-electron chi connectivity index (χ2n) is 3.99. The van der Waals surface area contributed by atoms with E-state index in [9.17, 15) is 13.0 Å². The molecule has 0 spiro atoms. The highest BCUT2D eigenvalue weighted by molar-refractivity contribution is 9.10. The quantitative estimate of drug-likeness (QED) is 0.818. The van der Waals surface area contributed by atoms with Crippen molar-refractivity contribution in [2.24, 2.45) is 0 Å². The maximum Gasteiger partial charge on any atom is 0.250 e. The first-order valence-corrected chi connectivity index (χ1v) is 7.18. The van der Waals surface area contributed by atoms with Gasteiger partial charge in [-0.05, 0) is 24.3 Å². The highest BCUT2D eigenvalue weighted by Crippen LogP contribution is 2.29. The van der Waals surface area contributed by atoms with Crippen molar-refractivity contribution in [3.05, 3.63) is 28.7 Å². The van der Waals surface area contributed by atoms with E-state index < -0.39 is 16.9 Å². The highest BCUT2D eigenvalue weighted by Gasteiger charge is 2.35. The van der Waals surface area contributed by atoms with Crippen LogP contribution in [0.1, 0.15) is 12.8 Å². The average Bonchev–Trinajstić information content (AvgIpc) is 2.29. The van der Waals surface area contributed by atoms with Gasteiger partial charge in [0.15, 0.2) is 0 Å². The summed E-state index contributed by atoms with van der Waals surface area (Å²) in [6, 6.07) is 7.08. The number of hydrogen-bond donors (Lipinski definition) is 0. The molecule has 6 heteroatoms. The van der Waals surface area contributed by atoms with Crippen LogP contribution in [0.25, 0.3) is 0 Å². The van der Waals surface area contributed by atoms with Crippen LogP contribution in [0.2, 0.25) is 0 Å². The lowest BCUT2D eigenvalue weighted by Gasteiger charge is -2.30. The molecular weight excluding hydrogens is 312 g/mol. The van der Waals surface area contributed by atoms with E-state index in [-0.39, 0.29) is 25.9 Å². The topological polar surface area (TPSA) is 20.3 Å². The highest BCUT2D eigenvalue weighted by atomic mass is 79.9. The summed E-state index contributed by atoms with van der Waals surface area (Å²) in [7, 11) is -1.33. The van der Waals surface area contributed by atoms with Gasteiger partial charge in [-0.2, -0.15) is 0 Å². The Kier molecular flexibility index (Phi) is 3.95.